The molecule has 0 saturated carbocycles. The van der Waals surface area contributed by atoms with Crippen molar-refractivity contribution in [2.24, 2.45) is 0 Å². The molecule has 7 nitrogen and oxygen atoms in total. The minimum atomic E-state index is -0.482. The van der Waals surface area contributed by atoms with Crippen LogP contribution in [0.25, 0.3) is 0 Å². The largest absolute Gasteiger partial charge is 0.345 e. The molecule has 0 aliphatic heterocycles. The van der Waals surface area contributed by atoms with E-state index in [1.807, 2.05) is 38.3 Å². The molecule has 0 aliphatic carbocycles. The molecule has 1 atom stereocenters. The highest BCUT2D eigenvalue weighted by Crippen LogP contribution is 2.21. The Kier molecular flexibility index (Phi) is 5.36. The molecule has 3 aromatic rings. The van der Waals surface area contributed by atoms with Gasteiger partial charge in [0, 0.05) is 0 Å². The van der Waals surface area contributed by atoms with E-state index in [9.17, 15) is 14.9 Å². The maximum atomic E-state index is 12.6. The second kappa shape index (κ2) is 7.71. The number of amides is 1. The van der Waals surface area contributed by atoms with Crippen molar-refractivity contribution in [1.82, 2.24) is 15.1 Å². The Balaban J connectivity index is 1.66. The first-order chi connectivity index (χ1) is 12.8. The topological polar surface area (TPSA) is 90.1 Å². The number of thiophene rings is 1. The second-order valence-electron chi connectivity index (χ2n) is 6.53. The molecule has 2 aromatic heterocycles. The fourth-order valence-corrected chi connectivity index (χ4v) is 3.76. The van der Waals surface area contributed by atoms with Crippen molar-refractivity contribution in [2.45, 2.75) is 33.4 Å². The van der Waals surface area contributed by atoms with Gasteiger partial charge in [-0.25, -0.2) is 0 Å². The molecule has 140 valence electrons. The van der Waals surface area contributed by atoms with E-state index in [0.29, 0.717) is 11.4 Å². The summed E-state index contributed by atoms with van der Waals surface area (Å²) in [7, 11) is 0. The molecule has 1 unspecified atom stereocenters. The highest BCUT2D eigenvalue weighted by atomic mass is 32.1. The van der Waals surface area contributed by atoms with Gasteiger partial charge >= 0.3 is 5.69 Å². The Morgan fingerprint density at radius 3 is 2.81 bits per heavy atom. The van der Waals surface area contributed by atoms with Gasteiger partial charge in [0.2, 0.25) is 0 Å². The van der Waals surface area contributed by atoms with Gasteiger partial charge in [-0.1, -0.05) is 23.8 Å². The number of aromatic nitrogens is 2. The van der Waals surface area contributed by atoms with E-state index in [4.69, 9.17) is 0 Å². The zero-order chi connectivity index (χ0) is 19.6. The Morgan fingerprint density at radius 2 is 2.15 bits per heavy atom. The second-order valence-corrected chi connectivity index (χ2v) is 7.44. The minimum absolute atomic E-state index is 0.0505. The maximum absolute atomic E-state index is 12.6. The van der Waals surface area contributed by atoms with E-state index < -0.39 is 4.92 Å². The normalized spacial score (nSPS) is 12.0. The highest BCUT2D eigenvalue weighted by molar-refractivity contribution is 7.12. The molecule has 0 bridgehead atoms. The van der Waals surface area contributed by atoms with E-state index in [1.165, 1.54) is 34.0 Å². The van der Waals surface area contributed by atoms with Gasteiger partial charge in [-0.2, -0.15) is 5.10 Å². The fraction of sp³-hybridized carbons (Fsp3) is 0.263. The zero-order valence-corrected chi connectivity index (χ0v) is 16.1. The van der Waals surface area contributed by atoms with Crippen molar-refractivity contribution >= 4 is 22.9 Å². The first kappa shape index (κ1) is 18.8. The number of aryl methyl sites for hydroxylation is 2. The molecule has 0 saturated heterocycles. The number of carbonyl (C=O) groups excluding carboxylic acids is 1. The number of benzene rings is 1. The first-order valence-electron chi connectivity index (χ1n) is 8.45. The van der Waals surface area contributed by atoms with Crippen molar-refractivity contribution in [1.29, 1.82) is 0 Å². The summed E-state index contributed by atoms with van der Waals surface area (Å²) in [4.78, 5) is 23.4. The molecule has 0 aliphatic rings. The van der Waals surface area contributed by atoms with Crippen molar-refractivity contribution in [2.75, 3.05) is 0 Å². The van der Waals surface area contributed by atoms with Crippen LogP contribution in [0, 0.1) is 24.0 Å². The zero-order valence-electron chi connectivity index (χ0n) is 15.3. The third-order valence-electron chi connectivity index (χ3n) is 4.29. The van der Waals surface area contributed by atoms with Crippen LogP contribution < -0.4 is 5.32 Å². The lowest BCUT2D eigenvalue weighted by Crippen LogP contribution is -2.26. The Bertz CT molecular complexity index is 993. The SMILES string of the molecule is Cc1ccc(C(C)NC(=O)c2cc(Cn3cc([N+](=O)[O-])cn3)cs2)c(C)c1. The fourth-order valence-electron chi connectivity index (χ4n) is 2.96. The molecule has 8 heteroatoms. The molecule has 3 rings (SSSR count). The summed E-state index contributed by atoms with van der Waals surface area (Å²) in [6.45, 7) is 6.43. The average Bonchev–Trinajstić information content (AvgIpc) is 3.24. The van der Waals surface area contributed by atoms with Gasteiger partial charge in [0.25, 0.3) is 5.91 Å². The van der Waals surface area contributed by atoms with Crippen molar-refractivity contribution in [3.05, 3.63) is 79.3 Å². The van der Waals surface area contributed by atoms with E-state index in [2.05, 4.69) is 16.5 Å². The van der Waals surface area contributed by atoms with E-state index in [1.54, 1.807) is 6.07 Å². The van der Waals surface area contributed by atoms with E-state index >= 15 is 0 Å². The summed E-state index contributed by atoms with van der Waals surface area (Å²) in [6.07, 6.45) is 2.59. The van der Waals surface area contributed by atoms with Gasteiger partial charge in [-0.15, -0.1) is 11.3 Å². The van der Waals surface area contributed by atoms with Gasteiger partial charge in [0.15, 0.2) is 0 Å². The molecule has 1 amide bonds. The summed E-state index contributed by atoms with van der Waals surface area (Å²) in [6, 6.07) is 7.88. The summed E-state index contributed by atoms with van der Waals surface area (Å²) >= 11 is 1.35. The molecule has 0 radical (unpaired) electrons. The van der Waals surface area contributed by atoms with E-state index in [-0.39, 0.29) is 17.6 Å². The molecule has 0 spiro atoms. The molecular weight excluding hydrogens is 364 g/mol. The van der Waals surface area contributed by atoms with Crippen LogP contribution in [0.5, 0.6) is 0 Å². The van der Waals surface area contributed by atoms with Gasteiger partial charge in [-0.05, 0) is 48.9 Å². The van der Waals surface area contributed by atoms with Crippen LogP contribution in [0.1, 0.15) is 44.9 Å². The number of hydrogen-bond acceptors (Lipinski definition) is 5. The van der Waals surface area contributed by atoms with Crippen molar-refractivity contribution in [3.8, 4) is 0 Å². The molecule has 0 fully saturated rings. The van der Waals surface area contributed by atoms with Crippen LogP contribution in [0.15, 0.2) is 42.0 Å². The van der Waals surface area contributed by atoms with Gasteiger partial charge in [0.05, 0.1) is 22.4 Å². The molecule has 27 heavy (non-hydrogen) atoms. The summed E-state index contributed by atoms with van der Waals surface area (Å²) in [5.74, 6) is -0.134. The van der Waals surface area contributed by atoms with Crippen LogP contribution >= 0.6 is 11.3 Å². The Labute approximate surface area is 160 Å². The number of nitrogens with zero attached hydrogens (tertiary/aromatic N) is 3. The smallest absolute Gasteiger partial charge is 0.307 e. The lowest BCUT2D eigenvalue weighted by Gasteiger charge is -2.16. The Hall–Kier alpha value is -3.00. The first-order valence-corrected chi connectivity index (χ1v) is 9.33. The lowest BCUT2D eigenvalue weighted by atomic mass is 10.0. The third-order valence-corrected chi connectivity index (χ3v) is 5.27. The Morgan fingerprint density at radius 1 is 1.37 bits per heavy atom. The quantitative estimate of drug-likeness (QED) is 0.514. The number of carbonyl (C=O) groups is 1. The minimum Gasteiger partial charge on any atom is -0.345 e. The molecule has 2 heterocycles. The number of nitrogens with one attached hydrogen (secondary N) is 1. The summed E-state index contributed by atoms with van der Waals surface area (Å²) < 4.78 is 1.49. The molecular formula is C19H20N4O3S. The summed E-state index contributed by atoms with van der Waals surface area (Å²) in [5, 5.41) is 19.6. The number of nitro groups is 1. The maximum Gasteiger partial charge on any atom is 0.307 e. The van der Waals surface area contributed by atoms with Crippen LogP contribution in [0.3, 0.4) is 0 Å². The van der Waals surface area contributed by atoms with Gasteiger partial charge in [0.1, 0.15) is 12.4 Å². The highest BCUT2D eigenvalue weighted by Gasteiger charge is 2.16. The van der Waals surface area contributed by atoms with Crippen LogP contribution in [0.2, 0.25) is 0 Å². The third kappa shape index (κ3) is 4.40. The van der Waals surface area contributed by atoms with Crippen LogP contribution in [-0.2, 0) is 6.54 Å². The van der Waals surface area contributed by atoms with E-state index in [0.717, 1.165) is 16.7 Å². The summed E-state index contributed by atoms with van der Waals surface area (Å²) in [5.41, 5.74) is 4.26. The van der Waals surface area contributed by atoms with Crippen molar-refractivity contribution in [3.63, 3.8) is 0 Å². The van der Waals surface area contributed by atoms with Crippen LogP contribution in [-0.4, -0.2) is 20.6 Å². The average molecular weight is 384 g/mol. The van der Waals surface area contributed by atoms with Gasteiger partial charge < -0.3 is 5.32 Å². The predicted octanol–water partition coefficient (Wildman–Crippen LogP) is 4.01. The van der Waals surface area contributed by atoms with Crippen LogP contribution in [0.4, 0.5) is 5.69 Å². The number of hydrogen-bond donors (Lipinski definition) is 1. The molecule has 1 N–H and O–H groups in total. The lowest BCUT2D eigenvalue weighted by molar-refractivity contribution is -0.385. The van der Waals surface area contributed by atoms with Gasteiger partial charge in [-0.3, -0.25) is 19.6 Å². The molecule has 1 aromatic carbocycles. The monoisotopic (exact) mass is 384 g/mol. The standard InChI is InChI=1S/C19H20N4O3S/c1-12-4-5-17(13(2)6-12)14(3)21-19(24)18-7-15(11-27-18)9-22-10-16(8-20-22)23(25)26/h4-8,10-11,14H,9H2,1-3H3,(H,21,24). The van der Waals surface area contributed by atoms with Crippen molar-refractivity contribution < 1.29 is 9.72 Å². The number of rotatable bonds is 6. The predicted molar refractivity (Wildman–Crippen MR) is 104 cm³/mol.